The van der Waals surface area contributed by atoms with Crippen LogP contribution in [0, 0.1) is 11.3 Å². The Hall–Kier alpha value is -0.700. The standard InChI is InChI=1S/C14H16ClNO3.CH2Cl2/c1-17-13-7-10(8-16)12(15)6-11(13)9-19-14-4-2-3-5-18-14;2-1-3/h6-7,14H,2-5,9H2,1H3;1H2. The second kappa shape index (κ2) is 10.9. The van der Waals surface area contributed by atoms with Crippen molar-refractivity contribution in [3.05, 3.63) is 28.3 Å². The molecule has 122 valence electrons. The third-order valence-electron chi connectivity index (χ3n) is 3.05. The summed E-state index contributed by atoms with van der Waals surface area (Å²) in [6.07, 6.45) is 2.96. The van der Waals surface area contributed by atoms with Crippen LogP contribution in [0.3, 0.4) is 0 Å². The summed E-state index contributed by atoms with van der Waals surface area (Å²) in [4.78, 5) is 0. The molecule has 22 heavy (non-hydrogen) atoms. The smallest absolute Gasteiger partial charge is 0.158 e. The molecule has 1 aliphatic heterocycles. The molecule has 0 spiro atoms. The molecule has 1 aromatic rings. The van der Waals surface area contributed by atoms with E-state index >= 15 is 0 Å². The van der Waals surface area contributed by atoms with Gasteiger partial charge in [0, 0.05) is 12.2 Å². The summed E-state index contributed by atoms with van der Waals surface area (Å²) in [6, 6.07) is 5.36. The maximum Gasteiger partial charge on any atom is 0.158 e. The molecule has 0 amide bonds. The molecular weight excluding hydrogens is 349 g/mol. The molecule has 1 saturated heterocycles. The van der Waals surface area contributed by atoms with E-state index in [0.29, 0.717) is 22.9 Å². The van der Waals surface area contributed by atoms with Gasteiger partial charge in [0.2, 0.25) is 0 Å². The maximum absolute atomic E-state index is 8.92. The average molecular weight is 367 g/mol. The predicted octanol–water partition coefficient (Wildman–Crippen LogP) is 4.68. The van der Waals surface area contributed by atoms with E-state index in [9.17, 15) is 0 Å². The van der Waals surface area contributed by atoms with Crippen LogP contribution in [0.4, 0.5) is 0 Å². The normalized spacial score (nSPS) is 17.1. The Kier molecular flexibility index (Phi) is 9.61. The van der Waals surface area contributed by atoms with E-state index in [4.69, 9.17) is 54.3 Å². The van der Waals surface area contributed by atoms with Gasteiger partial charge in [-0.05, 0) is 31.4 Å². The first-order chi connectivity index (χ1) is 10.7. The van der Waals surface area contributed by atoms with Crippen molar-refractivity contribution in [2.45, 2.75) is 32.2 Å². The van der Waals surface area contributed by atoms with E-state index in [1.165, 1.54) is 0 Å². The Morgan fingerprint density at radius 2 is 2.09 bits per heavy atom. The summed E-state index contributed by atoms with van der Waals surface area (Å²) in [5.41, 5.74) is 1.22. The molecule has 0 saturated carbocycles. The lowest BCUT2D eigenvalue weighted by Gasteiger charge is -2.23. The predicted molar refractivity (Wildman–Crippen MR) is 87.7 cm³/mol. The lowest BCUT2D eigenvalue weighted by atomic mass is 10.1. The van der Waals surface area contributed by atoms with Crippen molar-refractivity contribution in [3.8, 4) is 11.8 Å². The van der Waals surface area contributed by atoms with Crippen molar-refractivity contribution < 1.29 is 14.2 Å². The highest BCUT2D eigenvalue weighted by molar-refractivity contribution is 6.40. The Bertz CT molecular complexity index is 500. The lowest BCUT2D eigenvalue weighted by Crippen LogP contribution is -2.22. The monoisotopic (exact) mass is 365 g/mol. The molecule has 0 aromatic heterocycles. The highest BCUT2D eigenvalue weighted by atomic mass is 35.5. The van der Waals surface area contributed by atoms with Crippen molar-refractivity contribution in [1.29, 1.82) is 5.26 Å². The van der Waals surface area contributed by atoms with Gasteiger partial charge in [-0.25, -0.2) is 0 Å². The van der Waals surface area contributed by atoms with Crippen LogP contribution in [0.5, 0.6) is 5.75 Å². The summed E-state index contributed by atoms with van der Waals surface area (Å²) in [7, 11) is 1.56. The van der Waals surface area contributed by atoms with Gasteiger partial charge in [0.1, 0.15) is 11.8 Å². The molecule has 1 unspecified atom stereocenters. The number of benzene rings is 1. The highest BCUT2D eigenvalue weighted by Crippen LogP contribution is 2.28. The largest absolute Gasteiger partial charge is 0.496 e. The number of hydrogen-bond acceptors (Lipinski definition) is 4. The van der Waals surface area contributed by atoms with Crippen molar-refractivity contribution in [1.82, 2.24) is 0 Å². The Morgan fingerprint density at radius 1 is 1.36 bits per heavy atom. The Labute approximate surface area is 145 Å². The van der Waals surface area contributed by atoms with Gasteiger partial charge in [0.05, 0.1) is 29.6 Å². The second-order valence-corrected chi connectivity index (χ2v) is 5.68. The van der Waals surface area contributed by atoms with Crippen LogP contribution in [0.1, 0.15) is 30.4 Å². The van der Waals surface area contributed by atoms with Gasteiger partial charge in [-0.15, -0.1) is 23.2 Å². The van der Waals surface area contributed by atoms with Crippen LogP contribution in [0.25, 0.3) is 0 Å². The molecule has 7 heteroatoms. The quantitative estimate of drug-likeness (QED) is 0.726. The van der Waals surface area contributed by atoms with Gasteiger partial charge in [-0.3, -0.25) is 0 Å². The first-order valence-corrected chi connectivity index (χ1v) is 8.22. The second-order valence-electron chi connectivity index (χ2n) is 4.46. The number of nitrogens with zero attached hydrogens (tertiary/aromatic N) is 1. The Morgan fingerprint density at radius 3 is 2.64 bits per heavy atom. The van der Waals surface area contributed by atoms with E-state index in [0.717, 1.165) is 31.4 Å². The molecule has 1 atom stereocenters. The molecule has 0 bridgehead atoms. The highest BCUT2D eigenvalue weighted by Gasteiger charge is 2.16. The number of rotatable bonds is 4. The molecule has 0 radical (unpaired) electrons. The topological polar surface area (TPSA) is 51.5 Å². The first kappa shape index (κ1) is 19.3. The zero-order chi connectivity index (χ0) is 16.4. The summed E-state index contributed by atoms with van der Waals surface area (Å²) >= 11 is 15.5. The molecule has 1 aliphatic rings. The van der Waals surface area contributed by atoms with E-state index in [1.54, 1.807) is 19.2 Å². The van der Waals surface area contributed by atoms with E-state index in [-0.39, 0.29) is 11.6 Å². The molecule has 0 N–H and O–H groups in total. The van der Waals surface area contributed by atoms with Crippen LogP contribution < -0.4 is 4.74 Å². The third kappa shape index (κ3) is 6.20. The average Bonchev–Trinajstić information content (AvgIpc) is 2.54. The van der Waals surface area contributed by atoms with Crippen LogP contribution in [-0.4, -0.2) is 25.3 Å². The lowest BCUT2D eigenvalue weighted by molar-refractivity contribution is -0.169. The zero-order valence-corrected chi connectivity index (χ0v) is 14.5. The number of halogens is 3. The minimum Gasteiger partial charge on any atom is -0.496 e. The van der Waals surface area contributed by atoms with Gasteiger partial charge in [0.25, 0.3) is 0 Å². The number of ether oxygens (including phenoxy) is 3. The molecule has 1 aromatic carbocycles. The molecule has 0 aliphatic carbocycles. The van der Waals surface area contributed by atoms with Crippen molar-refractivity contribution in [3.63, 3.8) is 0 Å². The van der Waals surface area contributed by atoms with Gasteiger partial charge >= 0.3 is 0 Å². The minimum atomic E-state index is -0.159. The van der Waals surface area contributed by atoms with Gasteiger partial charge in [-0.2, -0.15) is 5.26 Å². The zero-order valence-electron chi connectivity index (χ0n) is 12.3. The van der Waals surface area contributed by atoms with Crippen molar-refractivity contribution >= 4 is 34.8 Å². The SMILES string of the molecule is COc1cc(C#N)c(Cl)cc1COC1CCCCO1.ClCCl. The van der Waals surface area contributed by atoms with Crippen LogP contribution in [-0.2, 0) is 16.1 Å². The Balaban J connectivity index is 0.000000745. The fourth-order valence-electron chi connectivity index (χ4n) is 2.01. The summed E-state index contributed by atoms with van der Waals surface area (Å²) < 4.78 is 16.4. The number of methoxy groups -OCH3 is 1. The van der Waals surface area contributed by atoms with E-state index < -0.39 is 0 Å². The first-order valence-electron chi connectivity index (χ1n) is 6.77. The van der Waals surface area contributed by atoms with Crippen molar-refractivity contribution in [2.24, 2.45) is 0 Å². The van der Waals surface area contributed by atoms with E-state index in [2.05, 4.69) is 0 Å². The number of nitriles is 1. The molecule has 2 rings (SSSR count). The fourth-order valence-corrected chi connectivity index (χ4v) is 2.24. The summed E-state index contributed by atoms with van der Waals surface area (Å²) in [6.45, 7) is 1.11. The molecular formula is C15H18Cl3NO3. The van der Waals surface area contributed by atoms with Crippen LogP contribution in [0.2, 0.25) is 5.02 Å². The van der Waals surface area contributed by atoms with Crippen molar-refractivity contribution in [2.75, 3.05) is 19.1 Å². The number of alkyl halides is 2. The fraction of sp³-hybridized carbons (Fsp3) is 0.533. The van der Waals surface area contributed by atoms with Gasteiger partial charge in [0.15, 0.2) is 6.29 Å². The van der Waals surface area contributed by atoms with Crippen LogP contribution in [0.15, 0.2) is 12.1 Å². The molecule has 1 heterocycles. The minimum absolute atomic E-state index is 0.159. The van der Waals surface area contributed by atoms with Crippen LogP contribution >= 0.6 is 34.8 Å². The van der Waals surface area contributed by atoms with E-state index in [1.807, 2.05) is 6.07 Å². The summed E-state index contributed by atoms with van der Waals surface area (Å²) in [5, 5.41) is 9.52. The van der Waals surface area contributed by atoms with Gasteiger partial charge < -0.3 is 14.2 Å². The molecule has 4 nitrogen and oxygen atoms in total. The third-order valence-corrected chi connectivity index (χ3v) is 3.37. The number of hydrogen-bond donors (Lipinski definition) is 0. The maximum atomic E-state index is 8.92. The van der Waals surface area contributed by atoms with Gasteiger partial charge in [-0.1, -0.05) is 11.6 Å². The summed E-state index contributed by atoms with van der Waals surface area (Å²) in [5.74, 6) is 0.608. The molecule has 1 fully saturated rings.